The number of piperazine rings is 1. The van der Waals surface area contributed by atoms with Crippen molar-refractivity contribution in [2.45, 2.75) is 19.9 Å². The minimum atomic E-state index is -0.605. The van der Waals surface area contributed by atoms with Crippen LogP contribution >= 0.6 is 0 Å². The Bertz CT molecular complexity index is 1330. The first kappa shape index (κ1) is 27.0. The third-order valence-corrected chi connectivity index (χ3v) is 6.74. The van der Waals surface area contributed by atoms with Gasteiger partial charge in [-0.15, -0.1) is 0 Å². The number of rotatable bonds is 9. The van der Waals surface area contributed by atoms with E-state index in [4.69, 9.17) is 10.1 Å². The fourth-order valence-corrected chi connectivity index (χ4v) is 4.47. The maximum atomic E-state index is 14.9. The highest BCUT2D eigenvalue weighted by Gasteiger charge is 2.26. The summed E-state index contributed by atoms with van der Waals surface area (Å²) in [6.07, 6.45) is 4.25. The number of aromatic amines is 1. The number of halogens is 1. The van der Waals surface area contributed by atoms with Crippen LogP contribution in [0.1, 0.15) is 13.8 Å². The number of nitrogens with one attached hydrogen (secondary N) is 5. The molecule has 2 aromatic heterocycles. The zero-order valence-corrected chi connectivity index (χ0v) is 22.1. The number of H-pyrrole nitrogens is 1. The number of methoxy groups -OCH3 is 1. The van der Waals surface area contributed by atoms with Gasteiger partial charge < -0.3 is 30.6 Å². The second-order valence-corrected chi connectivity index (χ2v) is 8.96. The summed E-state index contributed by atoms with van der Waals surface area (Å²) >= 11 is 0. The van der Waals surface area contributed by atoms with Crippen molar-refractivity contribution in [1.82, 2.24) is 30.1 Å². The van der Waals surface area contributed by atoms with Gasteiger partial charge >= 0.3 is 0 Å². The van der Waals surface area contributed by atoms with Crippen molar-refractivity contribution in [2.75, 3.05) is 57.5 Å². The summed E-state index contributed by atoms with van der Waals surface area (Å²) in [7, 11) is 3.05. The number of hydrogen-bond donors (Lipinski definition) is 5. The molecular formula is C26H34FN9O2. The summed E-state index contributed by atoms with van der Waals surface area (Å²) in [5, 5.41) is 17.4. The van der Waals surface area contributed by atoms with Crippen molar-refractivity contribution in [1.29, 1.82) is 5.41 Å². The Balaban J connectivity index is 1.57. The van der Waals surface area contributed by atoms with Crippen LogP contribution in [0.25, 0.3) is 22.2 Å². The number of aromatic nitrogens is 3. The van der Waals surface area contributed by atoms with Crippen LogP contribution in [0.2, 0.25) is 0 Å². The molecule has 202 valence electrons. The zero-order chi connectivity index (χ0) is 27.2. The second-order valence-electron chi connectivity index (χ2n) is 8.96. The average Bonchev–Trinajstić information content (AvgIpc) is 3.38. The van der Waals surface area contributed by atoms with E-state index < -0.39 is 5.82 Å². The van der Waals surface area contributed by atoms with Gasteiger partial charge in [-0.3, -0.25) is 15.1 Å². The van der Waals surface area contributed by atoms with Crippen molar-refractivity contribution in [3.63, 3.8) is 0 Å². The van der Waals surface area contributed by atoms with Gasteiger partial charge in [0, 0.05) is 56.6 Å². The number of amides is 1. The molecule has 3 aromatic rings. The molecule has 0 aliphatic carbocycles. The number of nitrogens with zero attached hydrogens (tertiary/aromatic N) is 4. The zero-order valence-electron chi connectivity index (χ0n) is 22.1. The molecule has 1 unspecified atom stereocenters. The first-order chi connectivity index (χ1) is 18.4. The molecule has 1 aromatic carbocycles. The number of anilines is 2. The molecule has 5 N–H and O–H groups in total. The molecule has 38 heavy (non-hydrogen) atoms. The van der Waals surface area contributed by atoms with Gasteiger partial charge in [0.1, 0.15) is 11.4 Å². The quantitative estimate of drug-likeness (QED) is 0.214. The third-order valence-electron chi connectivity index (χ3n) is 6.74. The molecule has 3 heterocycles. The molecule has 1 fully saturated rings. The lowest BCUT2D eigenvalue weighted by atomic mass is 10.1. The third kappa shape index (κ3) is 5.76. The van der Waals surface area contributed by atoms with Crippen LogP contribution in [0.3, 0.4) is 0 Å². The standard InChI is InChI=1S/C26H34FN9O2/c1-5-35-9-11-36(12-10-35)16(2)25(37)32-20-8-6-7-17-18(13-30-23(17)20)22-19(27)14-31-26(34-22)33-21(15-29-3)24(28)38-4/h6-8,13-16,28-30H,5,9-12H2,1-4H3,(H,32,37)(H,31,33,34)/b21-15+,28-24?. The van der Waals surface area contributed by atoms with Gasteiger partial charge in [-0.2, -0.15) is 0 Å². The SMILES string of the molecule is CCN1CCN(C(C)C(=O)Nc2cccc3c(-c4nc(N/C(=C/NC)C(=N)OC)ncc4F)c[nH]c23)CC1. The largest absolute Gasteiger partial charge is 0.480 e. The van der Waals surface area contributed by atoms with Crippen molar-refractivity contribution in [3.8, 4) is 11.3 Å². The fourth-order valence-electron chi connectivity index (χ4n) is 4.47. The Morgan fingerprint density at radius 3 is 2.74 bits per heavy atom. The van der Waals surface area contributed by atoms with Gasteiger partial charge in [0.2, 0.25) is 17.8 Å². The van der Waals surface area contributed by atoms with Crippen molar-refractivity contribution < 1.29 is 13.9 Å². The number of carbonyl (C=O) groups excluding carboxylic acids is 1. The van der Waals surface area contributed by atoms with Gasteiger partial charge in [-0.05, 0) is 19.5 Å². The van der Waals surface area contributed by atoms with E-state index in [9.17, 15) is 9.18 Å². The lowest BCUT2D eigenvalue weighted by molar-refractivity contribution is -0.121. The highest BCUT2D eigenvalue weighted by Crippen LogP contribution is 2.33. The molecular weight excluding hydrogens is 489 g/mol. The Morgan fingerprint density at radius 2 is 2.05 bits per heavy atom. The molecule has 1 aliphatic heterocycles. The van der Waals surface area contributed by atoms with Crippen molar-refractivity contribution >= 4 is 34.3 Å². The second kappa shape index (κ2) is 12.0. The van der Waals surface area contributed by atoms with Crippen LogP contribution in [-0.2, 0) is 9.53 Å². The molecule has 0 bridgehead atoms. The minimum Gasteiger partial charge on any atom is -0.480 e. The van der Waals surface area contributed by atoms with Gasteiger partial charge in [0.05, 0.1) is 30.6 Å². The number of likely N-dealkylation sites (N-methyl/N-ethyl adjacent to an activating group) is 1. The van der Waals surface area contributed by atoms with Gasteiger partial charge in [-0.1, -0.05) is 19.1 Å². The van der Waals surface area contributed by atoms with E-state index in [1.807, 2.05) is 25.1 Å². The highest BCUT2D eigenvalue weighted by molar-refractivity contribution is 6.06. The number of benzene rings is 1. The van der Waals surface area contributed by atoms with Crippen LogP contribution in [-0.4, -0.2) is 89.5 Å². The molecule has 1 atom stereocenters. The van der Waals surface area contributed by atoms with E-state index in [0.717, 1.165) is 38.9 Å². The van der Waals surface area contributed by atoms with E-state index >= 15 is 0 Å². The summed E-state index contributed by atoms with van der Waals surface area (Å²) < 4.78 is 19.9. The summed E-state index contributed by atoms with van der Waals surface area (Å²) in [6.45, 7) is 8.67. The van der Waals surface area contributed by atoms with Gasteiger partial charge in [0.15, 0.2) is 5.82 Å². The van der Waals surface area contributed by atoms with Gasteiger partial charge in [-0.25, -0.2) is 14.4 Å². The van der Waals surface area contributed by atoms with Gasteiger partial charge in [0.25, 0.3) is 0 Å². The Kier molecular flexibility index (Phi) is 8.54. The predicted octanol–water partition coefficient (Wildman–Crippen LogP) is 2.82. The summed E-state index contributed by atoms with van der Waals surface area (Å²) in [4.78, 5) is 29.2. The van der Waals surface area contributed by atoms with Crippen molar-refractivity contribution in [3.05, 3.63) is 48.3 Å². The average molecular weight is 524 g/mol. The smallest absolute Gasteiger partial charge is 0.241 e. The number of carbonyl (C=O) groups is 1. The molecule has 0 saturated carbocycles. The minimum absolute atomic E-state index is 0.0761. The van der Waals surface area contributed by atoms with Crippen molar-refractivity contribution in [2.24, 2.45) is 0 Å². The number of para-hydroxylation sites is 1. The Labute approximate surface area is 221 Å². The van der Waals surface area contributed by atoms with E-state index in [1.54, 1.807) is 13.2 Å². The molecule has 12 heteroatoms. The molecule has 1 aliphatic rings. The maximum absolute atomic E-state index is 14.9. The monoisotopic (exact) mass is 523 g/mol. The van der Waals surface area contributed by atoms with Crippen LogP contribution in [0.4, 0.5) is 16.0 Å². The summed E-state index contributed by atoms with van der Waals surface area (Å²) in [6, 6.07) is 5.19. The van der Waals surface area contributed by atoms with Crippen LogP contribution < -0.4 is 16.0 Å². The fraction of sp³-hybridized carbons (Fsp3) is 0.385. The predicted molar refractivity (Wildman–Crippen MR) is 147 cm³/mol. The Morgan fingerprint density at radius 1 is 1.29 bits per heavy atom. The Hall–Kier alpha value is -4.03. The molecule has 0 spiro atoms. The van der Waals surface area contributed by atoms with Crippen LogP contribution in [0, 0.1) is 11.2 Å². The molecule has 4 rings (SSSR count). The number of ether oxygens (including phenoxy) is 1. The van der Waals surface area contributed by atoms with E-state index in [2.05, 4.69) is 47.6 Å². The molecule has 0 radical (unpaired) electrons. The molecule has 1 amide bonds. The normalized spacial score (nSPS) is 15.8. The van der Waals surface area contributed by atoms with Crippen LogP contribution in [0.15, 0.2) is 42.5 Å². The van der Waals surface area contributed by atoms with E-state index in [1.165, 1.54) is 13.3 Å². The van der Waals surface area contributed by atoms with E-state index in [0.29, 0.717) is 22.2 Å². The lowest BCUT2D eigenvalue weighted by Crippen LogP contribution is -2.52. The first-order valence-corrected chi connectivity index (χ1v) is 12.5. The van der Waals surface area contributed by atoms with E-state index in [-0.39, 0.29) is 35.2 Å². The highest BCUT2D eigenvalue weighted by atomic mass is 19.1. The lowest BCUT2D eigenvalue weighted by Gasteiger charge is -2.36. The number of fused-ring (bicyclic) bond motifs is 1. The summed E-state index contributed by atoms with van der Waals surface area (Å²) in [5.74, 6) is -0.738. The molecule has 1 saturated heterocycles. The van der Waals surface area contributed by atoms with Crippen LogP contribution in [0.5, 0.6) is 0 Å². The first-order valence-electron chi connectivity index (χ1n) is 12.5. The molecule has 11 nitrogen and oxygen atoms in total. The maximum Gasteiger partial charge on any atom is 0.241 e. The topological polar surface area (TPSA) is 134 Å². The summed E-state index contributed by atoms with van der Waals surface area (Å²) in [5.41, 5.74) is 2.15. The number of hydrogen-bond acceptors (Lipinski definition) is 9.